The van der Waals surface area contributed by atoms with Crippen molar-refractivity contribution in [3.8, 4) is 0 Å². The third-order valence-corrected chi connectivity index (χ3v) is 4.70. The highest BCUT2D eigenvalue weighted by atomic mass is 32.2. The summed E-state index contributed by atoms with van der Waals surface area (Å²) in [4.78, 5) is 11.2. The molecule has 0 radical (unpaired) electrons. The molecule has 1 aromatic rings. The van der Waals surface area contributed by atoms with Crippen molar-refractivity contribution in [2.24, 2.45) is 0 Å². The Hall–Kier alpha value is -1.43. The lowest BCUT2D eigenvalue weighted by atomic mass is 10.1. The van der Waals surface area contributed by atoms with Gasteiger partial charge in [-0.2, -0.15) is 0 Å². The van der Waals surface area contributed by atoms with Gasteiger partial charge in [0.15, 0.2) is 9.84 Å². The van der Waals surface area contributed by atoms with E-state index in [1.165, 1.54) is 12.1 Å². The average molecular weight is 274 g/mol. The molecule has 0 spiro atoms. The second kappa shape index (κ2) is 5.48. The molecule has 0 aromatic heterocycles. The lowest BCUT2D eigenvalue weighted by Crippen LogP contribution is -2.16. The Labute approximate surface area is 106 Å². The number of hydrogen-bond donors (Lipinski definition) is 0. The topological polar surface area (TPSA) is 60.4 Å². The van der Waals surface area contributed by atoms with Crippen molar-refractivity contribution in [3.63, 3.8) is 0 Å². The van der Waals surface area contributed by atoms with Crippen LogP contribution >= 0.6 is 0 Å². The lowest BCUT2D eigenvalue weighted by Gasteiger charge is -2.08. The molecule has 0 aliphatic carbocycles. The van der Waals surface area contributed by atoms with Crippen LogP contribution in [0.25, 0.3) is 0 Å². The summed E-state index contributed by atoms with van der Waals surface area (Å²) in [5.74, 6) is -1.81. The Morgan fingerprint density at radius 2 is 2.00 bits per heavy atom. The fourth-order valence-corrected chi connectivity index (χ4v) is 2.30. The van der Waals surface area contributed by atoms with Crippen LogP contribution in [0.15, 0.2) is 18.2 Å². The predicted molar refractivity (Wildman–Crippen MR) is 65.5 cm³/mol. The highest BCUT2D eigenvalue weighted by molar-refractivity contribution is 7.91. The largest absolute Gasteiger partial charge is 0.465 e. The maximum Gasteiger partial charge on any atom is 0.340 e. The predicted octanol–water partition coefficient (Wildman–Crippen LogP) is 1.94. The van der Waals surface area contributed by atoms with Gasteiger partial charge in [-0.15, -0.1) is 0 Å². The molecule has 0 amide bonds. The molecule has 0 saturated heterocycles. The van der Waals surface area contributed by atoms with Crippen LogP contribution in [0.2, 0.25) is 0 Å². The summed E-state index contributed by atoms with van der Waals surface area (Å²) in [6, 6.07) is 3.69. The Morgan fingerprint density at radius 1 is 1.39 bits per heavy atom. The van der Waals surface area contributed by atoms with Crippen molar-refractivity contribution in [1.29, 1.82) is 0 Å². The molecule has 100 valence electrons. The Morgan fingerprint density at radius 3 is 2.44 bits per heavy atom. The molecule has 0 unspecified atom stereocenters. The first-order valence-corrected chi connectivity index (χ1v) is 7.07. The molecular formula is C12H15FO4S. The van der Waals surface area contributed by atoms with E-state index in [1.54, 1.807) is 13.8 Å². The van der Waals surface area contributed by atoms with E-state index in [0.717, 1.165) is 13.2 Å². The Kier molecular flexibility index (Phi) is 4.45. The molecule has 1 rings (SSSR count). The van der Waals surface area contributed by atoms with Crippen molar-refractivity contribution in [2.75, 3.05) is 7.11 Å². The highest BCUT2D eigenvalue weighted by Gasteiger charge is 2.19. The summed E-state index contributed by atoms with van der Waals surface area (Å²) in [6.45, 7) is 3.13. The SMILES string of the molecule is COC(=O)c1ccc(CS(=O)(=O)C(C)C)cc1F. The van der Waals surface area contributed by atoms with Gasteiger partial charge in [0.05, 0.1) is 23.7 Å². The van der Waals surface area contributed by atoms with E-state index >= 15 is 0 Å². The number of ether oxygens (including phenoxy) is 1. The van der Waals surface area contributed by atoms with E-state index in [4.69, 9.17) is 0 Å². The van der Waals surface area contributed by atoms with Gasteiger partial charge in [-0.05, 0) is 31.5 Å². The van der Waals surface area contributed by atoms with Gasteiger partial charge in [0.1, 0.15) is 5.82 Å². The molecule has 18 heavy (non-hydrogen) atoms. The van der Waals surface area contributed by atoms with E-state index in [2.05, 4.69) is 4.74 Å². The first-order chi connectivity index (χ1) is 8.27. The summed E-state index contributed by atoms with van der Waals surface area (Å²) in [6.07, 6.45) is 0. The monoisotopic (exact) mass is 274 g/mol. The fourth-order valence-electron chi connectivity index (χ4n) is 1.32. The van der Waals surface area contributed by atoms with Crippen LogP contribution in [0.3, 0.4) is 0 Å². The molecule has 6 heteroatoms. The molecule has 0 atom stereocenters. The molecule has 0 fully saturated rings. The zero-order valence-electron chi connectivity index (χ0n) is 10.4. The molecule has 1 aromatic carbocycles. The van der Waals surface area contributed by atoms with Crippen LogP contribution in [0.5, 0.6) is 0 Å². The number of hydrogen-bond acceptors (Lipinski definition) is 4. The van der Waals surface area contributed by atoms with Crippen LogP contribution in [-0.4, -0.2) is 26.7 Å². The van der Waals surface area contributed by atoms with E-state index in [1.807, 2.05) is 0 Å². The summed E-state index contributed by atoms with van der Waals surface area (Å²) < 4.78 is 41.3. The quantitative estimate of drug-likeness (QED) is 0.787. The molecule has 0 aliphatic rings. The molecule has 4 nitrogen and oxygen atoms in total. The summed E-state index contributed by atoms with van der Waals surface area (Å²) in [7, 11) is -2.14. The standard InChI is InChI=1S/C12H15FO4S/c1-8(2)18(15,16)7-9-4-5-10(11(13)6-9)12(14)17-3/h4-6,8H,7H2,1-3H3. The van der Waals surface area contributed by atoms with Gasteiger partial charge in [-0.25, -0.2) is 17.6 Å². The van der Waals surface area contributed by atoms with Crippen LogP contribution < -0.4 is 0 Å². The summed E-state index contributed by atoms with van der Waals surface area (Å²) in [5.41, 5.74) is 0.108. The summed E-state index contributed by atoms with van der Waals surface area (Å²) in [5, 5.41) is -0.527. The van der Waals surface area contributed by atoms with Crippen LogP contribution in [-0.2, 0) is 20.3 Å². The van der Waals surface area contributed by atoms with E-state index in [0.29, 0.717) is 5.56 Å². The first kappa shape index (κ1) is 14.6. The highest BCUT2D eigenvalue weighted by Crippen LogP contribution is 2.16. The van der Waals surface area contributed by atoms with E-state index < -0.39 is 26.9 Å². The number of carbonyl (C=O) groups excluding carboxylic acids is 1. The van der Waals surface area contributed by atoms with Gasteiger partial charge in [-0.1, -0.05) is 6.07 Å². The number of carbonyl (C=O) groups is 1. The minimum Gasteiger partial charge on any atom is -0.465 e. The van der Waals surface area contributed by atoms with Gasteiger partial charge >= 0.3 is 5.97 Å². The average Bonchev–Trinajstić information content (AvgIpc) is 2.27. The second-order valence-corrected chi connectivity index (χ2v) is 6.72. The third-order valence-electron chi connectivity index (χ3n) is 2.52. The van der Waals surface area contributed by atoms with Crippen molar-refractivity contribution in [2.45, 2.75) is 24.9 Å². The first-order valence-electron chi connectivity index (χ1n) is 5.36. The molecule has 0 N–H and O–H groups in total. The van der Waals surface area contributed by atoms with Crippen LogP contribution in [0, 0.1) is 5.82 Å². The van der Waals surface area contributed by atoms with Crippen molar-refractivity contribution in [1.82, 2.24) is 0 Å². The molecular weight excluding hydrogens is 259 g/mol. The van der Waals surface area contributed by atoms with Gasteiger partial charge in [0, 0.05) is 0 Å². The number of esters is 1. The van der Waals surface area contributed by atoms with Gasteiger partial charge in [-0.3, -0.25) is 0 Å². The minimum absolute atomic E-state index is 0.205. The number of rotatable bonds is 4. The number of sulfone groups is 1. The van der Waals surface area contributed by atoms with Gasteiger partial charge in [0.2, 0.25) is 0 Å². The van der Waals surface area contributed by atoms with E-state index in [-0.39, 0.29) is 11.3 Å². The zero-order valence-corrected chi connectivity index (χ0v) is 11.3. The molecule has 0 bridgehead atoms. The minimum atomic E-state index is -3.29. The summed E-state index contributed by atoms with van der Waals surface area (Å²) >= 11 is 0. The second-order valence-electron chi connectivity index (χ2n) is 4.16. The smallest absolute Gasteiger partial charge is 0.340 e. The van der Waals surface area contributed by atoms with Crippen molar-refractivity contribution >= 4 is 15.8 Å². The fraction of sp³-hybridized carbons (Fsp3) is 0.417. The van der Waals surface area contributed by atoms with Crippen molar-refractivity contribution < 1.29 is 22.3 Å². The molecule has 0 saturated carbocycles. The normalized spacial score (nSPS) is 11.6. The van der Waals surface area contributed by atoms with Gasteiger partial charge in [0.25, 0.3) is 0 Å². The van der Waals surface area contributed by atoms with Crippen LogP contribution in [0.4, 0.5) is 4.39 Å². The Bertz CT molecular complexity index is 549. The third kappa shape index (κ3) is 3.29. The lowest BCUT2D eigenvalue weighted by molar-refractivity contribution is 0.0595. The maximum absolute atomic E-state index is 13.6. The number of methoxy groups -OCH3 is 1. The van der Waals surface area contributed by atoms with Crippen LogP contribution in [0.1, 0.15) is 29.8 Å². The van der Waals surface area contributed by atoms with Gasteiger partial charge < -0.3 is 4.74 Å². The van der Waals surface area contributed by atoms with Crippen molar-refractivity contribution in [3.05, 3.63) is 35.1 Å². The molecule has 0 aliphatic heterocycles. The van der Waals surface area contributed by atoms with E-state index in [9.17, 15) is 17.6 Å². The zero-order chi connectivity index (χ0) is 13.9. The number of benzene rings is 1. The Balaban J connectivity index is 3.03. The molecule has 0 heterocycles. The maximum atomic E-state index is 13.6. The number of halogens is 1.